The zero-order valence-corrected chi connectivity index (χ0v) is 5.86. The topological polar surface area (TPSA) is 27.3 Å². The lowest BCUT2D eigenvalue weighted by atomic mass is 10.6. The number of nitrogens with zero attached hydrogens (tertiary/aromatic N) is 1. The maximum Gasteiger partial charge on any atom is 0.0864 e. The Morgan fingerprint density at radius 1 is 1.62 bits per heavy atom. The summed E-state index contributed by atoms with van der Waals surface area (Å²) in [4.78, 5) is 0. The molecule has 0 aromatic rings. The second-order valence-electron chi connectivity index (χ2n) is 1.37. The number of rotatable bonds is 0. The average Bonchev–Trinajstić information content (AvgIpc) is 1.64. The fraction of sp³-hybridized carbons (Fsp3) is 0.333. The van der Waals surface area contributed by atoms with E-state index in [0.717, 1.165) is 0 Å². The van der Waals surface area contributed by atoms with Crippen LogP contribution in [0.5, 0.6) is 0 Å². The number of thiol groups is 2. The molecule has 0 saturated carbocycles. The summed E-state index contributed by atoms with van der Waals surface area (Å²) in [5.74, 6) is 0. The van der Waals surface area contributed by atoms with Crippen LogP contribution in [0.4, 0.5) is 0 Å². The standard InChI is InChI=1S/C3H7N3S2/c7-3-1-2-4-6(8)5-3/h1-5,7-8H. The van der Waals surface area contributed by atoms with Gasteiger partial charge in [0.05, 0.1) is 5.37 Å². The molecule has 1 aliphatic heterocycles. The van der Waals surface area contributed by atoms with Gasteiger partial charge in [-0.15, -0.1) is 4.52 Å². The molecule has 0 aromatic carbocycles. The molecule has 1 aliphatic rings. The first-order valence-corrected chi connectivity index (χ1v) is 3.07. The van der Waals surface area contributed by atoms with Crippen molar-refractivity contribution in [3.05, 3.63) is 12.3 Å². The Balaban J connectivity index is 2.42. The second-order valence-corrected chi connectivity index (χ2v) is 2.33. The zero-order valence-electron chi connectivity index (χ0n) is 4.07. The summed E-state index contributed by atoms with van der Waals surface area (Å²) in [6.45, 7) is 0. The van der Waals surface area contributed by atoms with Crippen molar-refractivity contribution in [3.8, 4) is 0 Å². The van der Waals surface area contributed by atoms with Crippen molar-refractivity contribution < 1.29 is 0 Å². The minimum absolute atomic E-state index is 0.0637. The molecule has 0 amide bonds. The van der Waals surface area contributed by atoms with E-state index in [-0.39, 0.29) is 5.37 Å². The molecule has 2 N–H and O–H groups in total. The predicted molar refractivity (Wildman–Crippen MR) is 39.0 cm³/mol. The number of hydrogen-bond acceptors (Lipinski definition) is 5. The van der Waals surface area contributed by atoms with E-state index in [0.29, 0.717) is 0 Å². The molecule has 1 atom stereocenters. The third-order valence-electron chi connectivity index (χ3n) is 0.730. The third kappa shape index (κ3) is 1.59. The van der Waals surface area contributed by atoms with Gasteiger partial charge in [-0.25, -0.2) is 5.43 Å². The fourth-order valence-electron chi connectivity index (χ4n) is 0.410. The molecule has 0 spiro atoms. The molecule has 1 heterocycles. The monoisotopic (exact) mass is 149 g/mol. The summed E-state index contributed by atoms with van der Waals surface area (Å²) in [6.07, 6.45) is 3.64. The van der Waals surface area contributed by atoms with Crippen LogP contribution >= 0.6 is 25.4 Å². The van der Waals surface area contributed by atoms with E-state index in [1.54, 1.807) is 6.20 Å². The Bertz CT molecular complexity index is 105. The van der Waals surface area contributed by atoms with Crippen molar-refractivity contribution in [1.29, 1.82) is 0 Å². The highest BCUT2D eigenvalue weighted by molar-refractivity contribution is 7.81. The second kappa shape index (κ2) is 2.63. The Morgan fingerprint density at radius 3 is 2.75 bits per heavy atom. The first-order chi connectivity index (χ1) is 3.79. The van der Waals surface area contributed by atoms with E-state index < -0.39 is 0 Å². The van der Waals surface area contributed by atoms with Crippen molar-refractivity contribution in [2.24, 2.45) is 0 Å². The maximum atomic E-state index is 4.09. The highest BCUT2D eigenvalue weighted by Crippen LogP contribution is 1.98. The first kappa shape index (κ1) is 6.28. The summed E-state index contributed by atoms with van der Waals surface area (Å²) in [5, 5.41) is 0.0637. The van der Waals surface area contributed by atoms with E-state index in [2.05, 4.69) is 36.3 Å². The molecule has 5 heteroatoms. The van der Waals surface area contributed by atoms with Gasteiger partial charge in [0, 0.05) is 6.20 Å². The van der Waals surface area contributed by atoms with Crippen LogP contribution in [0.3, 0.4) is 0 Å². The summed E-state index contributed by atoms with van der Waals surface area (Å²) in [6, 6.07) is 0. The van der Waals surface area contributed by atoms with Gasteiger partial charge in [0.2, 0.25) is 0 Å². The lowest BCUT2D eigenvalue weighted by Crippen LogP contribution is -2.45. The van der Waals surface area contributed by atoms with Crippen molar-refractivity contribution in [3.63, 3.8) is 0 Å². The normalized spacial score (nSPS) is 30.0. The molecule has 46 valence electrons. The molecule has 3 nitrogen and oxygen atoms in total. The third-order valence-corrected chi connectivity index (χ3v) is 1.25. The van der Waals surface area contributed by atoms with Gasteiger partial charge in [-0.2, -0.15) is 12.6 Å². The largest absolute Gasteiger partial charge is 0.303 e. The zero-order chi connectivity index (χ0) is 5.98. The van der Waals surface area contributed by atoms with Gasteiger partial charge >= 0.3 is 0 Å². The van der Waals surface area contributed by atoms with Gasteiger partial charge in [0.15, 0.2) is 0 Å². The quantitative estimate of drug-likeness (QED) is 0.363. The number of hydrazine groups is 2. The molecule has 8 heavy (non-hydrogen) atoms. The van der Waals surface area contributed by atoms with Crippen molar-refractivity contribution >= 4 is 25.4 Å². The van der Waals surface area contributed by atoms with Gasteiger partial charge in [-0.05, 0) is 6.08 Å². The van der Waals surface area contributed by atoms with Crippen LogP contribution in [-0.4, -0.2) is 9.90 Å². The van der Waals surface area contributed by atoms with Crippen LogP contribution in [0.15, 0.2) is 12.3 Å². The SMILES string of the molecule is SC1C=CNN(S)N1. The molecular formula is C3H7N3S2. The molecule has 0 bridgehead atoms. The Kier molecular flexibility index (Phi) is 2.07. The molecule has 0 aromatic heterocycles. The van der Waals surface area contributed by atoms with Gasteiger partial charge in [0.1, 0.15) is 0 Å². The highest BCUT2D eigenvalue weighted by Gasteiger charge is 2.04. The lowest BCUT2D eigenvalue weighted by Gasteiger charge is -2.22. The van der Waals surface area contributed by atoms with Crippen LogP contribution < -0.4 is 10.9 Å². The molecule has 0 fully saturated rings. The number of nitrogens with one attached hydrogen (secondary N) is 2. The van der Waals surface area contributed by atoms with Crippen molar-refractivity contribution in [2.45, 2.75) is 5.37 Å². The van der Waals surface area contributed by atoms with Gasteiger partial charge in [0.25, 0.3) is 0 Å². The van der Waals surface area contributed by atoms with Crippen LogP contribution in [0, 0.1) is 0 Å². The average molecular weight is 149 g/mol. The summed E-state index contributed by atoms with van der Waals surface area (Å²) >= 11 is 8.02. The maximum absolute atomic E-state index is 4.09. The predicted octanol–water partition coefficient (Wildman–Crippen LogP) is -0.0744. The van der Waals surface area contributed by atoms with Gasteiger partial charge in [-0.1, -0.05) is 12.8 Å². The van der Waals surface area contributed by atoms with E-state index in [1.165, 1.54) is 4.52 Å². The van der Waals surface area contributed by atoms with Gasteiger partial charge < -0.3 is 5.43 Å². The molecule has 1 rings (SSSR count). The van der Waals surface area contributed by atoms with Crippen molar-refractivity contribution in [1.82, 2.24) is 15.4 Å². The highest BCUT2D eigenvalue weighted by atomic mass is 32.1. The molecule has 0 saturated heterocycles. The Morgan fingerprint density at radius 2 is 2.38 bits per heavy atom. The first-order valence-electron chi connectivity index (χ1n) is 2.15. The minimum Gasteiger partial charge on any atom is -0.303 e. The minimum atomic E-state index is 0.0637. The Hall–Kier alpha value is 0.160. The van der Waals surface area contributed by atoms with Crippen LogP contribution in [0.2, 0.25) is 0 Å². The van der Waals surface area contributed by atoms with Gasteiger partial charge in [-0.3, -0.25) is 0 Å². The number of hydrogen-bond donors (Lipinski definition) is 4. The summed E-state index contributed by atoms with van der Waals surface area (Å²) in [5.41, 5.74) is 5.61. The molecule has 0 aliphatic carbocycles. The van der Waals surface area contributed by atoms with E-state index in [4.69, 9.17) is 0 Å². The Labute approximate surface area is 59.0 Å². The van der Waals surface area contributed by atoms with Crippen LogP contribution in [-0.2, 0) is 0 Å². The van der Waals surface area contributed by atoms with Crippen molar-refractivity contribution in [2.75, 3.05) is 0 Å². The molecular weight excluding hydrogens is 142 g/mol. The van der Waals surface area contributed by atoms with Crippen LogP contribution in [0.1, 0.15) is 0 Å². The van der Waals surface area contributed by atoms with E-state index in [1.807, 2.05) is 6.08 Å². The smallest absolute Gasteiger partial charge is 0.0864 e. The summed E-state index contributed by atoms with van der Waals surface area (Å²) < 4.78 is 1.44. The van der Waals surface area contributed by atoms with E-state index >= 15 is 0 Å². The summed E-state index contributed by atoms with van der Waals surface area (Å²) in [7, 11) is 0. The van der Waals surface area contributed by atoms with Crippen LogP contribution in [0.25, 0.3) is 0 Å². The molecule has 1 unspecified atom stereocenters. The van der Waals surface area contributed by atoms with E-state index in [9.17, 15) is 0 Å². The molecule has 0 radical (unpaired) electrons. The lowest BCUT2D eigenvalue weighted by molar-refractivity contribution is 0.294. The fourth-order valence-corrected chi connectivity index (χ4v) is 0.894.